The summed E-state index contributed by atoms with van der Waals surface area (Å²) in [5.41, 5.74) is 2.99. The van der Waals surface area contributed by atoms with Crippen LogP contribution in [0.25, 0.3) is 0 Å². The molecule has 0 fully saturated rings. The van der Waals surface area contributed by atoms with Crippen molar-refractivity contribution in [1.29, 1.82) is 0 Å². The van der Waals surface area contributed by atoms with Crippen LogP contribution in [0.5, 0.6) is 17.2 Å². The summed E-state index contributed by atoms with van der Waals surface area (Å²) in [7, 11) is 1.65. The first-order valence-electron chi connectivity index (χ1n) is 13.6. The number of methoxy groups -OCH3 is 1. The normalized spacial score (nSPS) is 12.0. The lowest BCUT2D eigenvalue weighted by molar-refractivity contribution is -0.0494. The molecule has 5 rings (SSSR count). The standard InChI is InChI=1S/C36H34O5/c1-38-33-19-17-31(18-20-33)36(29-13-7-3-8-14-29,30-15-9-4-10-16-30)41-27-32(37)26-40-35-23-21-34(22-24-35)39-25-28-11-5-2-6-12-28/h2-24,32,37H,25-27H2,1H3. The van der Waals surface area contributed by atoms with Crippen molar-refractivity contribution in [1.82, 2.24) is 0 Å². The third kappa shape index (κ3) is 6.95. The number of hydrogen-bond donors (Lipinski definition) is 1. The monoisotopic (exact) mass is 546 g/mol. The minimum Gasteiger partial charge on any atom is -0.497 e. The molecule has 1 N–H and O–H groups in total. The van der Waals surface area contributed by atoms with E-state index >= 15 is 0 Å². The molecule has 5 aromatic rings. The van der Waals surface area contributed by atoms with Gasteiger partial charge >= 0.3 is 0 Å². The molecule has 0 saturated carbocycles. The molecule has 0 radical (unpaired) electrons. The number of rotatable bonds is 13. The molecular weight excluding hydrogens is 512 g/mol. The van der Waals surface area contributed by atoms with E-state index in [0.717, 1.165) is 33.8 Å². The van der Waals surface area contributed by atoms with Crippen LogP contribution in [0.15, 0.2) is 140 Å². The summed E-state index contributed by atoms with van der Waals surface area (Å²) in [6.07, 6.45) is -0.867. The molecule has 41 heavy (non-hydrogen) atoms. The first-order chi connectivity index (χ1) is 20.2. The predicted molar refractivity (Wildman–Crippen MR) is 160 cm³/mol. The SMILES string of the molecule is COc1ccc(C(OCC(O)COc2ccc(OCc3ccccc3)cc2)(c2ccccc2)c2ccccc2)cc1. The van der Waals surface area contributed by atoms with Crippen molar-refractivity contribution in [3.05, 3.63) is 162 Å². The quantitative estimate of drug-likeness (QED) is 0.161. The summed E-state index contributed by atoms with van der Waals surface area (Å²) in [6.45, 7) is 0.621. The van der Waals surface area contributed by atoms with E-state index in [1.807, 2.05) is 140 Å². The molecular formula is C36H34O5. The van der Waals surface area contributed by atoms with Gasteiger partial charge in [0, 0.05) is 0 Å². The molecule has 1 atom stereocenters. The lowest BCUT2D eigenvalue weighted by Gasteiger charge is -2.36. The fourth-order valence-electron chi connectivity index (χ4n) is 4.76. The Morgan fingerprint density at radius 1 is 0.537 bits per heavy atom. The molecule has 0 bridgehead atoms. The Morgan fingerprint density at radius 2 is 1.00 bits per heavy atom. The number of aliphatic hydroxyl groups excluding tert-OH is 1. The molecule has 5 heteroatoms. The summed E-state index contributed by atoms with van der Waals surface area (Å²) in [5, 5.41) is 11.0. The Morgan fingerprint density at radius 3 is 1.54 bits per heavy atom. The van der Waals surface area contributed by atoms with E-state index in [1.54, 1.807) is 7.11 Å². The van der Waals surface area contributed by atoms with Crippen molar-refractivity contribution in [3.8, 4) is 17.2 Å². The molecule has 0 aliphatic rings. The largest absolute Gasteiger partial charge is 0.497 e. The molecule has 0 heterocycles. The maximum atomic E-state index is 11.0. The molecule has 208 valence electrons. The molecule has 0 aliphatic carbocycles. The van der Waals surface area contributed by atoms with Crippen molar-refractivity contribution in [2.24, 2.45) is 0 Å². The lowest BCUT2D eigenvalue weighted by Crippen LogP contribution is -2.37. The van der Waals surface area contributed by atoms with Gasteiger partial charge in [-0.1, -0.05) is 103 Å². The molecule has 1 unspecified atom stereocenters. The first-order valence-corrected chi connectivity index (χ1v) is 13.6. The summed E-state index contributed by atoms with van der Waals surface area (Å²) in [4.78, 5) is 0. The fraction of sp³-hybridized carbons (Fsp3) is 0.167. The van der Waals surface area contributed by atoms with Gasteiger partial charge in [-0.2, -0.15) is 0 Å². The highest BCUT2D eigenvalue weighted by Crippen LogP contribution is 2.41. The second kappa shape index (κ2) is 13.7. The Labute approximate surface area is 241 Å². The van der Waals surface area contributed by atoms with Gasteiger partial charge in [0.2, 0.25) is 0 Å². The van der Waals surface area contributed by atoms with Crippen LogP contribution in [0, 0.1) is 0 Å². The second-order valence-electron chi connectivity index (χ2n) is 9.66. The lowest BCUT2D eigenvalue weighted by atomic mass is 9.80. The third-order valence-electron chi connectivity index (χ3n) is 6.86. The smallest absolute Gasteiger partial charge is 0.143 e. The summed E-state index contributed by atoms with van der Waals surface area (Å²) >= 11 is 0. The number of ether oxygens (including phenoxy) is 4. The zero-order chi connectivity index (χ0) is 28.3. The topological polar surface area (TPSA) is 57.2 Å². The van der Waals surface area contributed by atoms with Crippen molar-refractivity contribution in [2.75, 3.05) is 20.3 Å². The average Bonchev–Trinajstić information content (AvgIpc) is 3.05. The van der Waals surface area contributed by atoms with E-state index in [4.69, 9.17) is 18.9 Å². The Bertz CT molecular complexity index is 1410. The van der Waals surface area contributed by atoms with Crippen LogP contribution in [-0.4, -0.2) is 31.5 Å². The van der Waals surface area contributed by atoms with Crippen molar-refractivity contribution in [2.45, 2.75) is 18.3 Å². The molecule has 5 nitrogen and oxygen atoms in total. The van der Waals surface area contributed by atoms with E-state index in [1.165, 1.54) is 0 Å². The zero-order valence-corrected chi connectivity index (χ0v) is 23.1. The summed E-state index contributed by atoms with van der Waals surface area (Å²) in [5.74, 6) is 2.15. The van der Waals surface area contributed by atoms with Crippen LogP contribution in [-0.2, 0) is 16.9 Å². The van der Waals surface area contributed by atoms with E-state index in [9.17, 15) is 5.11 Å². The highest BCUT2D eigenvalue weighted by molar-refractivity contribution is 5.48. The van der Waals surface area contributed by atoms with Crippen LogP contribution in [0.2, 0.25) is 0 Å². The number of aliphatic hydroxyl groups is 1. The molecule has 0 aliphatic heterocycles. The fourth-order valence-corrected chi connectivity index (χ4v) is 4.76. The summed E-state index contributed by atoms with van der Waals surface area (Å²) in [6, 6.07) is 45.4. The van der Waals surface area contributed by atoms with E-state index < -0.39 is 11.7 Å². The van der Waals surface area contributed by atoms with Gasteiger partial charge in [0.15, 0.2) is 0 Å². The van der Waals surface area contributed by atoms with Gasteiger partial charge in [-0.15, -0.1) is 0 Å². The van der Waals surface area contributed by atoms with E-state index in [0.29, 0.717) is 12.4 Å². The highest BCUT2D eigenvalue weighted by atomic mass is 16.5. The van der Waals surface area contributed by atoms with Gasteiger partial charge in [0.1, 0.15) is 42.2 Å². The second-order valence-corrected chi connectivity index (χ2v) is 9.66. The molecule has 0 aromatic heterocycles. The summed E-state index contributed by atoms with van der Waals surface area (Å²) < 4.78 is 23.9. The minimum atomic E-state index is -0.951. The first kappa shape index (κ1) is 28.0. The van der Waals surface area contributed by atoms with E-state index in [-0.39, 0.29) is 13.2 Å². The zero-order valence-electron chi connectivity index (χ0n) is 23.1. The van der Waals surface area contributed by atoms with Gasteiger partial charge in [0.05, 0.1) is 13.7 Å². The molecule has 5 aromatic carbocycles. The van der Waals surface area contributed by atoms with Crippen LogP contribution in [0.1, 0.15) is 22.3 Å². The van der Waals surface area contributed by atoms with Gasteiger partial charge in [0.25, 0.3) is 0 Å². The van der Waals surface area contributed by atoms with Crippen molar-refractivity contribution < 1.29 is 24.1 Å². The number of benzene rings is 5. The molecule has 0 spiro atoms. The Kier molecular flexibility index (Phi) is 9.32. The highest BCUT2D eigenvalue weighted by Gasteiger charge is 2.38. The maximum Gasteiger partial charge on any atom is 0.143 e. The van der Waals surface area contributed by atoms with Crippen LogP contribution in [0.4, 0.5) is 0 Å². The Hall–Kier alpha value is -4.58. The minimum absolute atomic E-state index is 0.0497. The molecule has 0 amide bonds. The predicted octanol–water partition coefficient (Wildman–Crippen LogP) is 7.02. The Balaban J connectivity index is 1.29. The third-order valence-corrected chi connectivity index (χ3v) is 6.86. The van der Waals surface area contributed by atoms with Gasteiger partial charge in [-0.3, -0.25) is 0 Å². The van der Waals surface area contributed by atoms with Crippen LogP contribution < -0.4 is 14.2 Å². The van der Waals surface area contributed by atoms with Crippen molar-refractivity contribution >= 4 is 0 Å². The molecule has 0 saturated heterocycles. The van der Waals surface area contributed by atoms with Gasteiger partial charge in [-0.25, -0.2) is 0 Å². The van der Waals surface area contributed by atoms with Crippen LogP contribution in [0.3, 0.4) is 0 Å². The average molecular weight is 547 g/mol. The van der Waals surface area contributed by atoms with Crippen molar-refractivity contribution in [3.63, 3.8) is 0 Å². The van der Waals surface area contributed by atoms with Gasteiger partial charge in [-0.05, 0) is 58.7 Å². The van der Waals surface area contributed by atoms with Crippen LogP contribution >= 0.6 is 0 Å². The maximum absolute atomic E-state index is 11.0. The number of hydrogen-bond acceptors (Lipinski definition) is 5. The van der Waals surface area contributed by atoms with Gasteiger partial charge < -0.3 is 24.1 Å². The van der Waals surface area contributed by atoms with E-state index in [2.05, 4.69) is 0 Å².